The summed E-state index contributed by atoms with van der Waals surface area (Å²) in [6.07, 6.45) is 6.67. The van der Waals surface area contributed by atoms with Gasteiger partial charge in [0.25, 0.3) is 0 Å². The number of hydrogen-bond acceptors (Lipinski definition) is 2. The van der Waals surface area contributed by atoms with E-state index in [4.69, 9.17) is 16.3 Å². The molecule has 2 unspecified atom stereocenters. The molecule has 2 atom stereocenters. The van der Waals surface area contributed by atoms with Gasteiger partial charge in [0.1, 0.15) is 0 Å². The van der Waals surface area contributed by atoms with E-state index in [1.54, 1.807) is 0 Å². The van der Waals surface area contributed by atoms with Gasteiger partial charge < -0.3 is 4.74 Å². The summed E-state index contributed by atoms with van der Waals surface area (Å²) in [6, 6.07) is 0.643. The fraction of sp³-hybridized carbons (Fsp3) is 1.00. The minimum atomic E-state index is 0.408. The number of unbranched alkanes of at least 4 members (excludes halogenated alkanes) is 3. The Labute approximate surface area is 105 Å². The van der Waals surface area contributed by atoms with E-state index in [-0.39, 0.29) is 0 Å². The number of alkyl halides is 1. The van der Waals surface area contributed by atoms with Gasteiger partial charge in [-0.3, -0.25) is 4.90 Å². The zero-order chi connectivity index (χ0) is 11.8. The summed E-state index contributed by atoms with van der Waals surface area (Å²) >= 11 is 5.67. The van der Waals surface area contributed by atoms with Crippen molar-refractivity contribution in [2.75, 3.05) is 25.6 Å². The molecule has 2 nitrogen and oxygen atoms in total. The van der Waals surface area contributed by atoms with E-state index in [1.165, 1.54) is 32.2 Å². The van der Waals surface area contributed by atoms with Crippen LogP contribution in [0.3, 0.4) is 0 Å². The third-order valence-electron chi connectivity index (χ3n) is 3.38. The van der Waals surface area contributed by atoms with E-state index in [0.29, 0.717) is 12.1 Å². The van der Waals surface area contributed by atoms with Crippen LogP contribution < -0.4 is 0 Å². The first kappa shape index (κ1) is 14.3. The van der Waals surface area contributed by atoms with Crippen LogP contribution in [0.4, 0.5) is 0 Å². The van der Waals surface area contributed by atoms with Gasteiger partial charge in [-0.05, 0) is 32.7 Å². The third-order valence-corrected chi connectivity index (χ3v) is 3.65. The smallest absolute Gasteiger partial charge is 0.0674 e. The second kappa shape index (κ2) is 8.32. The molecule has 1 aliphatic heterocycles. The SMILES string of the molecule is CCC1COC(C)CN1CCCCCCCl. The largest absolute Gasteiger partial charge is 0.376 e. The predicted molar refractivity (Wildman–Crippen MR) is 70.3 cm³/mol. The van der Waals surface area contributed by atoms with Crippen LogP contribution in [0.1, 0.15) is 46.0 Å². The molecular weight excluding hydrogens is 222 g/mol. The van der Waals surface area contributed by atoms with Crippen molar-refractivity contribution in [2.24, 2.45) is 0 Å². The zero-order valence-corrected chi connectivity index (χ0v) is 11.5. The lowest BCUT2D eigenvalue weighted by molar-refractivity contribution is -0.0561. The summed E-state index contributed by atoms with van der Waals surface area (Å²) in [5.74, 6) is 0.812. The van der Waals surface area contributed by atoms with Crippen LogP contribution in [0.2, 0.25) is 0 Å². The van der Waals surface area contributed by atoms with E-state index in [2.05, 4.69) is 18.7 Å². The van der Waals surface area contributed by atoms with Crippen molar-refractivity contribution in [2.45, 2.75) is 58.1 Å². The van der Waals surface area contributed by atoms with Crippen molar-refractivity contribution in [3.05, 3.63) is 0 Å². The number of halogens is 1. The molecule has 96 valence electrons. The molecule has 0 N–H and O–H groups in total. The van der Waals surface area contributed by atoms with Crippen molar-refractivity contribution in [1.82, 2.24) is 4.90 Å². The fourth-order valence-electron chi connectivity index (χ4n) is 2.33. The molecule has 0 aromatic carbocycles. The molecule has 1 fully saturated rings. The Bertz CT molecular complexity index is 177. The van der Waals surface area contributed by atoms with Crippen molar-refractivity contribution >= 4 is 11.6 Å². The van der Waals surface area contributed by atoms with Gasteiger partial charge in [0.2, 0.25) is 0 Å². The fourth-order valence-corrected chi connectivity index (χ4v) is 2.51. The predicted octanol–water partition coefficient (Wildman–Crippen LogP) is 3.28. The molecule has 0 spiro atoms. The summed E-state index contributed by atoms with van der Waals surface area (Å²) in [7, 11) is 0. The molecule has 0 bridgehead atoms. The summed E-state index contributed by atoms with van der Waals surface area (Å²) in [5.41, 5.74) is 0. The number of hydrogen-bond donors (Lipinski definition) is 0. The van der Waals surface area contributed by atoms with Crippen LogP contribution >= 0.6 is 11.6 Å². The van der Waals surface area contributed by atoms with Crippen LogP contribution in [0.5, 0.6) is 0 Å². The van der Waals surface area contributed by atoms with Gasteiger partial charge in [0.05, 0.1) is 12.7 Å². The lowest BCUT2D eigenvalue weighted by atomic mass is 10.1. The van der Waals surface area contributed by atoms with Gasteiger partial charge >= 0.3 is 0 Å². The summed E-state index contributed by atoms with van der Waals surface area (Å²) in [5, 5.41) is 0. The molecule has 0 aromatic rings. The van der Waals surface area contributed by atoms with E-state index in [0.717, 1.165) is 25.5 Å². The Morgan fingerprint density at radius 3 is 2.69 bits per heavy atom. The van der Waals surface area contributed by atoms with E-state index >= 15 is 0 Å². The van der Waals surface area contributed by atoms with Gasteiger partial charge in [-0.15, -0.1) is 11.6 Å². The molecule has 1 saturated heterocycles. The molecule has 0 radical (unpaired) electrons. The number of nitrogens with zero attached hydrogens (tertiary/aromatic N) is 1. The van der Waals surface area contributed by atoms with Crippen molar-refractivity contribution < 1.29 is 4.74 Å². The maximum Gasteiger partial charge on any atom is 0.0674 e. The molecular formula is C13H26ClNO. The Balaban J connectivity index is 2.16. The Morgan fingerprint density at radius 2 is 2.00 bits per heavy atom. The highest BCUT2D eigenvalue weighted by atomic mass is 35.5. The molecule has 1 heterocycles. The Morgan fingerprint density at radius 1 is 1.25 bits per heavy atom. The summed E-state index contributed by atoms with van der Waals surface area (Å²) in [4.78, 5) is 2.61. The maximum absolute atomic E-state index is 5.70. The highest BCUT2D eigenvalue weighted by molar-refractivity contribution is 6.17. The number of rotatable bonds is 7. The minimum absolute atomic E-state index is 0.408. The van der Waals surface area contributed by atoms with Gasteiger partial charge in [-0.2, -0.15) is 0 Å². The normalized spacial score (nSPS) is 27.2. The van der Waals surface area contributed by atoms with Crippen molar-refractivity contribution in [3.8, 4) is 0 Å². The van der Waals surface area contributed by atoms with Gasteiger partial charge in [-0.25, -0.2) is 0 Å². The average molecular weight is 248 g/mol. The molecule has 3 heteroatoms. The molecule has 0 aromatic heterocycles. The number of morpholine rings is 1. The van der Waals surface area contributed by atoms with Gasteiger partial charge in [0.15, 0.2) is 0 Å². The highest BCUT2D eigenvalue weighted by Crippen LogP contribution is 2.15. The summed E-state index contributed by atoms with van der Waals surface area (Å²) < 4.78 is 5.70. The Kier molecular flexibility index (Phi) is 7.42. The number of ether oxygens (including phenoxy) is 1. The first-order valence-electron chi connectivity index (χ1n) is 6.69. The van der Waals surface area contributed by atoms with Crippen LogP contribution in [-0.2, 0) is 4.74 Å². The standard InChI is InChI=1S/C13H26ClNO/c1-3-13-11-16-12(2)10-15(13)9-7-5-4-6-8-14/h12-13H,3-11H2,1-2H3. The maximum atomic E-state index is 5.70. The summed E-state index contributed by atoms with van der Waals surface area (Å²) in [6.45, 7) is 7.68. The highest BCUT2D eigenvalue weighted by Gasteiger charge is 2.24. The first-order valence-corrected chi connectivity index (χ1v) is 7.23. The van der Waals surface area contributed by atoms with Crippen LogP contribution in [0.15, 0.2) is 0 Å². The second-order valence-electron chi connectivity index (χ2n) is 4.80. The van der Waals surface area contributed by atoms with Gasteiger partial charge in [0, 0.05) is 18.5 Å². The van der Waals surface area contributed by atoms with E-state index < -0.39 is 0 Å². The quantitative estimate of drug-likeness (QED) is 0.506. The van der Waals surface area contributed by atoms with Crippen molar-refractivity contribution in [1.29, 1.82) is 0 Å². The second-order valence-corrected chi connectivity index (χ2v) is 5.18. The molecule has 1 aliphatic rings. The van der Waals surface area contributed by atoms with Crippen molar-refractivity contribution in [3.63, 3.8) is 0 Å². The minimum Gasteiger partial charge on any atom is -0.376 e. The molecule has 16 heavy (non-hydrogen) atoms. The topological polar surface area (TPSA) is 12.5 Å². The van der Waals surface area contributed by atoms with Crippen LogP contribution in [0.25, 0.3) is 0 Å². The third kappa shape index (κ3) is 5.03. The van der Waals surface area contributed by atoms with Crippen LogP contribution in [-0.4, -0.2) is 42.6 Å². The monoisotopic (exact) mass is 247 g/mol. The Hall–Kier alpha value is 0.210. The molecule has 0 aliphatic carbocycles. The molecule has 0 amide bonds. The molecule has 1 rings (SSSR count). The lowest BCUT2D eigenvalue weighted by Crippen LogP contribution is -2.48. The first-order chi connectivity index (χ1) is 7.77. The van der Waals surface area contributed by atoms with Gasteiger partial charge in [-0.1, -0.05) is 19.8 Å². The molecule has 0 saturated carbocycles. The van der Waals surface area contributed by atoms with E-state index in [1.807, 2.05) is 0 Å². The lowest BCUT2D eigenvalue weighted by Gasteiger charge is -2.38. The zero-order valence-electron chi connectivity index (χ0n) is 10.8. The average Bonchev–Trinajstić information content (AvgIpc) is 2.29. The van der Waals surface area contributed by atoms with Crippen LogP contribution in [0, 0.1) is 0 Å². The van der Waals surface area contributed by atoms with E-state index in [9.17, 15) is 0 Å².